The zero-order valence-electron chi connectivity index (χ0n) is 7.50. The van der Waals surface area contributed by atoms with Crippen molar-refractivity contribution in [3.05, 3.63) is 34.9 Å². The van der Waals surface area contributed by atoms with Gasteiger partial charge in [-0.15, -0.1) is 0 Å². The van der Waals surface area contributed by atoms with E-state index in [0.717, 1.165) is 5.56 Å². The number of hydrogen-bond acceptors (Lipinski definition) is 3. The minimum Gasteiger partial charge on any atom is -0.465 e. The molecule has 0 N–H and O–H groups in total. The second kappa shape index (κ2) is 3.72. The predicted octanol–water partition coefficient (Wildman–Crippen LogP) is 1.65. The third-order valence-corrected chi connectivity index (χ3v) is 1.70. The molecule has 0 heterocycles. The molecule has 0 spiro atoms. The van der Waals surface area contributed by atoms with Crippen LogP contribution in [0.4, 0.5) is 0 Å². The van der Waals surface area contributed by atoms with Gasteiger partial charge in [0.05, 0.1) is 18.2 Å². The van der Waals surface area contributed by atoms with Crippen LogP contribution in [-0.2, 0) is 4.74 Å². The minimum atomic E-state index is -0.475. The highest BCUT2D eigenvalue weighted by Gasteiger charge is 2.10. The SMILES string of the molecule is COC(=O)c1ccc(C)cc1C#N. The smallest absolute Gasteiger partial charge is 0.339 e. The Morgan fingerprint density at radius 3 is 2.77 bits per heavy atom. The molecule has 0 atom stereocenters. The van der Waals surface area contributed by atoms with Crippen molar-refractivity contribution in [3.63, 3.8) is 0 Å². The highest BCUT2D eigenvalue weighted by molar-refractivity contribution is 5.92. The minimum absolute atomic E-state index is 0.315. The van der Waals surface area contributed by atoms with Gasteiger partial charge in [-0.1, -0.05) is 6.07 Å². The Labute approximate surface area is 76.6 Å². The average Bonchev–Trinajstić information content (AvgIpc) is 2.16. The first kappa shape index (κ1) is 9.27. The van der Waals surface area contributed by atoms with E-state index >= 15 is 0 Å². The maximum atomic E-state index is 11.1. The average molecular weight is 175 g/mol. The molecule has 1 aromatic rings. The van der Waals surface area contributed by atoms with Crippen molar-refractivity contribution in [3.8, 4) is 6.07 Å². The number of hydrogen-bond donors (Lipinski definition) is 0. The van der Waals surface area contributed by atoms with Crippen molar-refractivity contribution in [1.82, 2.24) is 0 Å². The number of rotatable bonds is 1. The third kappa shape index (κ3) is 1.85. The monoisotopic (exact) mass is 175 g/mol. The van der Waals surface area contributed by atoms with Gasteiger partial charge in [0.25, 0.3) is 0 Å². The summed E-state index contributed by atoms with van der Waals surface area (Å²) in [6.07, 6.45) is 0. The summed E-state index contributed by atoms with van der Waals surface area (Å²) < 4.78 is 4.53. The lowest BCUT2D eigenvalue weighted by Crippen LogP contribution is -2.03. The Morgan fingerprint density at radius 1 is 1.54 bits per heavy atom. The van der Waals surface area contributed by atoms with Gasteiger partial charge in [0.1, 0.15) is 6.07 Å². The van der Waals surface area contributed by atoms with E-state index in [1.54, 1.807) is 18.2 Å². The second-order valence-corrected chi connectivity index (χ2v) is 2.65. The lowest BCUT2D eigenvalue weighted by molar-refractivity contribution is 0.0600. The molecule has 66 valence electrons. The van der Waals surface area contributed by atoms with Crippen LogP contribution < -0.4 is 0 Å². The van der Waals surface area contributed by atoms with Crippen LogP contribution in [0.5, 0.6) is 0 Å². The van der Waals surface area contributed by atoms with E-state index in [0.29, 0.717) is 11.1 Å². The molecule has 0 amide bonds. The molecule has 0 aliphatic rings. The largest absolute Gasteiger partial charge is 0.465 e. The van der Waals surface area contributed by atoms with Crippen LogP contribution in [0.25, 0.3) is 0 Å². The summed E-state index contributed by atoms with van der Waals surface area (Å²) >= 11 is 0. The van der Waals surface area contributed by atoms with Gasteiger partial charge in [0, 0.05) is 0 Å². The number of esters is 1. The molecule has 0 aliphatic heterocycles. The van der Waals surface area contributed by atoms with Crippen molar-refractivity contribution >= 4 is 5.97 Å². The molecule has 13 heavy (non-hydrogen) atoms. The quantitative estimate of drug-likeness (QED) is 0.610. The van der Waals surface area contributed by atoms with Gasteiger partial charge >= 0.3 is 5.97 Å². The van der Waals surface area contributed by atoms with E-state index < -0.39 is 5.97 Å². The van der Waals surface area contributed by atoms with Gasteiger partial charge in [-0.05, 0) is 24.6 Å². The molecule has 0 radical (unpaired) electrons. The van der Waals surface area contributed by atoms with E-state index in [9.17, 15) is 4.79 Å². The normalized spacial score (nSPS) is 9.00. The van der Waals surface area contributed by atoms with Crippen molar-refractivity contribution in [2.45, 2.75) is 6.92 Å². The molecule has 0 fully saturated rings. The second-order valence-electron chi connectivity index (χ2n) is 2.65. The molecule has 0 aromatic heterocycles. The van der Waals surface area contributed by atoms with Gasteiger partial charge in [-0.2, -0.15) is 5.26 Å². The predicted molar refractivity (Wildman–Crippen MR) is 47.2 cm³/mol. The summed E-state index contributed by atoms with van der Waals surface area (Å²) in [5.74, 6) is -0.475. The zero-order chi connectivity index (χ0) is 9.84. The van der Waals surface area contributed by atoms with Crippen LogP contribution in [0.2, 0.25) is 0 Å². The van der Waals surface area contributed by atoms with Crippen LogP contribution in [0.15, 0.2) is 18.2 Å². The molecule has 1 rings (SSSR count). The summed E-state index contributed by atoms with van der Waals surface area (Å²) in [6, 6.07) is 6.98. The summed E-state index contributed by atoms with van der Waals surface area (Å²) in [6.45, 7) is 1.86. The molecule has 1 aromatic carbocycles. The fourth-order valence-corrected chi connectivity index (χ4v) is 1.04. The summed E-state index contributed by atoms with van der Waals surface area (Å²) in [4.78, 5) is 11.1. The Hall–Kier alpha value is -1.82. The lowest BCUT2D eigenvalue weighted by atomic mass is 10.1. The van der Waals surface area contributed by atoms with Gasteiger partial charge in [0.15, 0.2) is 0 Å². The summed E-state index contributed by atoms with van der Waals surface area (Å²) in [5.41, 5.74) is 1.62. The van der Waals surface area contributed by atoms with E-state index in [1.807, 2.05) is 13.0 Å². The number of carbonyl (C=O) groups is 1. The Balaban J connectivity index is 3.23. The first-order valence-electron chi connectivity index (χ1n) is 3.78. The fraction of sp³-hybridized carbons (Fsp3) is 0.200. The van der Waals surface area contributed by atoms with Crippen LogP contribution in [0.1, 0.15) is 21.5 Å². The maximum absolute atomic E-state index is 11.1. The molecule has 0 saturated heterocycles. The van der Waals surface area contributed by atoms with E-state index in [1.165, 1.54) is 7.11 Å². The van der Waals surface area contributed by atoms with E-state index in [4.69, 9.17) is 5.26 Å². The van der Waals surface area contributed by atoms with Gasteiger partial charge in [-0.25, -0.2) is 4.79 Å². The number of methoxy groups -OCH3 is 1. The zero-order valence-corrected chi connectivity index (χ0v) is 7.50. The first-order valence-corrected chi connectivity index (χ1v) is 3.78. The Kier molecular flexibility index (Phi) is 2.65. The van der Waals surface area contributed by atoms with Crippen LogP contribution in [0.3, 0.4) is 0 Å². The number of ether oxygens (including phenoxy) is 1. The lowest BCUT2D eigenvalue weighted by Gasteiger charge is -2.01. The number of nitrogens with zero attached hydrogens (tertiary/aromatic N) is 1. The van der Waals surface area contributed by atoms with Crippen LogP contribution in [0, 0.1) is 18.3 Å². The fourth-order valence-electron chi connectivity index (χ4n) is 1.04. The molecule has 0 aliphatic carbocycles. The van der Waals surface area contributed by atoms with Gasteiger partial charge in [-0.3, -0.25) is 0 Å². The van der Waals surface area contributed by atoms with Crippen molar-refractivity contribution in [2.75, 3.05) is 7.11 Å². The van der Waals surface area contributed by atoms with Gasteiger partial charge < -0.3 is 4.74 Å². The highest BCUT2D eigenvalue weighted by atomic mass is 16.5. The number of carbonyl (C=O) groups excluding carboxylic acids is 1. The molecular formula is C10H9NO2. The maximum Gasteiger partial charge on any atom is 0.339 e. The molecule has 0 unspecified atom stereocenters. The first-order chi connectivity index (χ1) is 6.19. The highest BCUT2D eigenvalue weighted by Crippen LogP contribution is 2.11. The van der Waals surface area contributed by atoms with Crippen molar-refractivity contribution in [2.24, 2.45) is 0 Å². The van der Waals surface area contributed by atoms with Crippen LogP contribution in [-0.4, -0.2) is 13.1 Å². The topological polar surface area (TPSA) is 50.1 Å². The van der Waals surface area contributed by atoms with E-state index in [-0.39, 0.29) is 0 Å². The number of nitriles is 1. The number of benzene rings is 1. The Bertz CT molecular complexity index is 377. The van der Waals surface area contributed by atoms with E-state index in [2.05, 4.69) is 4.74 Å². The summed E-state index contributed by atoms with van der Waals surface area (Å²) in [5, 5.41) is 8.73. The molecular weight excluding hydrogens is 166 g/mol. The molecule has 0 saturated carbocycles. The standard InChI is InChI=1S/C10H9NO2/c1-7-3-4-9(10(12)13-2)8(5-7)6-11/h3-5H,1-2H3. The Morgan fingerprint density at radius 2 is 2.23 bits per heavy atom. The molecule has 3 heteroatoms. The van der Waals surface area contributed by atoms with Crippen LogP contribution >= 0.6 is 0 Å². The third-order valence-electron chi connectivity index (χ3n) is 1.70. The molecule has 0 bridgehead atoms. The summed E-state index contributed by atoms with van der Waals surface area (Å²) in [7, 11) is 1.29. The molecule has 3 nitrogen and oxygen atoms in total. The number of aryl methyl sites for hydroxylation is 1. The van der Waals surface area contributed by atoms with Crippen molar-refractivity contribution < 1.29 is 9.53 Å². The van der Waals surface area contributed by atoms with Crippen molar-refractivity contribution in [1.29, 1.82) is 5.26 Å². The van der Waals surface area contributed by atoms with Gasteiger partial charge in [0.2, 0.25) is 0 Å².